The molecule has 1 fully saturated rings. The Morgan fingerprint density at radius 2 is 2.21 bits per heavy atom. The fraction of sp³-hybridized carbons (Fsp3) is 0.524. The molecule has 3 rings (SSSR count). The number of aliphatic imine (C=N–C) groups is 1. The number of hydrogen-bond acceptors (Lipinski definition) is 5. The number of ether oxygens (including phenoxy) is 1. The van der Waals surface area contributed by atoms with E-state index >= 15 is 0 Å². The molecule has 0 spiro atoms. The van der Waals surface area contributed by atoms with Gasteiger partial charge in [-0.1, -0.05) is 32.4 Å². The van der Waals surface area contributed by atoms with Gasteiger partial charge in [0.1, 0.15) is 11.5 Å². The van der Waals surface area contributed by atoms with Crippen molar-refractivity contribution >= 4 is 23.2 Å². The van der Waals surface area contributed by atoms with Crippen LogP contribution in [0, 0.1) is 0 Å². The number of halogens is 1. The van der Waals surface area contributed by atoms with Crippen LogP contribution >= 0.6 is 11.6 Å². The summed E-state index contributed by atoms with van der Waals surface area (Å²) in [6.45, 7) is 8.54. The predicted octanol–water partition coefficient (Wildman–Crippen LogP) is 3.58. The lowest BCUT2D eigenvalue weighted by atomic mass is 9.94. The molecule has 7 nitrogen and oxygen atoms in total. The summed E-state index contributed by atoms with van der Waals surface area (Å²) in [6.07, 6.45) is 2.78. The Balaban J connectivity index is 1.56. The zero-order valence-corrected chi connectivity index (χ0v) is 18.5. The number of anilines is 1. The lowest BCUT2D eigenvalue weighted by Crippen LogP contribution is -2.44. The highest BCUT2D eigenvalue weighted by atomic mass is 35.5. The number of methoxy groups -OCH3 is 1. The molecular weight excluding hydrogens is 390 g/mol. The van der Waals surface area contributed by atoms with Gasteiger partial charge in [0, 0.05) is 36.6 Å². The topological polar surface area (TPSA) is 74.9 Å². The van der Waals surface area contributed by atoms with E-state index < -0.39 is 0 Å². The molecule has 1 aromatic carbocycles. The summed E-state index contributed by atoms with van der Waals surface area (Å²) in [7, 11) is 3.44. The van der Waals surface area contributed by atoms with E-state index in [1.807, 2.05) is 18.2 Å². The Morgan fingerprint density at radius 3 is 2.86 bits per heavy atom. The Labute approximate surface area is 177 Å². The average Bonchev–Trinajstić information content (AvgIpc) is 3.34. The zero-order chi connectivity index (χ0) is 21.0. The fourth-order valence-corrected chi connectivity index (χ4v) is 3.46. The van der Waals surface area contributed by atoms with Gasteiger partial charge in [-0.25, -0.2) is 4.98 Å². The summed E-state index contributed by atoms with van der Waals surface area (Å²) in [5.74, 6) is 3.08. The van der Waals surface area contributed by atoms with Crippen LogP contribution in [0.1, 0.15) is 38.8 Å². The van der Waals surface area contributed by atoms with Gasteiger partial charge in [-0.05, 0) is 24.6 Å². The molecule has 0 bridgehead atoms. The van der Waals surface area contributed by atoms with Crippen LogP contribution in [0.4, 0.5) is 5.69 Å². The third-order valence-electron chi connectivity index (χ3n) is 4.93. The second-order valence-corrected chi connectivity index (χ2v) is 8.62. The van der Waals surface area contributed by atoms with Crippen LogP contribution in [0.3, 0.4) is 0 Å². The number of oxazole rings is 1. The van der Waals surface area contributed by atoms with Crippen molar-refractivity contribution in [2.45, 2.75) is 45.2 Å². The molecule has 1 atom stereocenters. The van der Waals surface area contributed by atoms with E-state index in [0.717, 1.165) is 42.7 Å². The average molecular weight is 420 g/mol. The van der Waals surface area contributed by atoms with E-state index in [-0.39, 0.29) is 11.5 Å². The minimum atomic E-state index is -0.0557. The first kappa shape index (κ1) is 21.3. The van der Waals surface area contributed by atoms with Crippen LogP contribution in [0.5, 0.6) is 5.75 Å². The second kappa shape index (κ2) is 8.95. The van der Waals surface area contributed by atoms with E-state index in [9.17, 15) is 0 Å². The van der Waals surface area contributed by atoms with Gasteiger partial charge in [0.25, 0.3) is 0 Å². The van der Waals surface area contributed by atoms with E-state index in [1.165, 1.54) is 0 Å². The normalized spacial score (nSPS) is 17.5. The summed E-state index contributed by atoms with van der Waals surface area (Å²) in [6, 6.07) is 5.96. The Kier molecular flexibility index (Phi) is 6.57. The van der Waals surface area contributed by atoms with Crippen molar-refractivity contribution in [2.24, 2.45) is 4.99 Å². The van der Waals surface area contributed by atoms with Crippen LogP contribution in [-0.4, -0.2) is 44.2 Å². The molecule has 1 aliphatic heterocycles. The molecule has 1 aromatic heterocycles. The molecule has 2 N–H and O–H groups in total. The van der Waals surface area contributed by atoms with Crippen molar-refractivity contribution in [2.75, 3.05) is 32.1 Å². The fourth-order valence-electron chi connectivity index (χ4n) is 3.29. The maximum atomic E-state index is 6.18. The van der Waals surface area contributed by atoms with Crippen LogP contribution in [0.2, 0.25) is 5.02 Å². The molecule has 8 heteroatoms. The summed E-state index contributed by atoms with van der Waals surface area (Å²) in [5.41, 5.74) is 0.960. The molecule has 29 heavy (non-hydrogen) atoms. The highest BCUT2D eigenvalue weighted by Crippen LogP contribution is 2.33. The lowest BCUT2D eigenvalue weighted by molar-refractivity contribution is 0.379. The smallest absolute Gasteiger partial charge is 0.213 e. The standard InChI is InChI=1S/C21H30ClN5O2/c1-21(2,3)18-11-24-19(29-18)12-25-20(23-4)26-15-8-9-27(13-15)16-10-14(22)6-7-17(16)28-5/h6-7,10-11,15H,8-9,12-13H2,1-5H3,(H2,23,25,26). The highest BCUT2D eigenvalue weighted by molar-refractivity contribution is 6.30. The number of benzene rings is 1. The van der Waals surface area contributed by atoms with Gasteiger partial charge in [-0.2, -0.15) is 0 Å². The Bertz CT molecular complexity index is 859. The van der Waals surface area contributed by atoms with E-state index in [1.54, 1.807) is 20.4 Å². The van der Waals surface area contributed by atoms with Gasteiger partial charge < -0.3 is 24.7 Å². The number of nitrogens with zero attached hydrogens (tertiary/aromatic N) is 3. The predicted molar refractivity (Wildman–Crippen MR) is 117 cm³/mol. The number of hydrogen-bond donors (Lipinski definition) is 2. The minimum absolute atomic E-state index is 0.0557. The molecular formula is C21H30ClN5O2. The van der Waals surface area contributed by atoms with E-state index in [0.29, 0.717) is 17.5 Å². The van der Waals surface area contributed by atoms with Gasteiger partial charge in [-0.3, -0.25) is 4.99 Å². The maximum absolute atomic E-state index is 6.18. The van der Waals surface area contributed by atoms with E-state index in [4.69, 9.17) is 20.8 Å². The molecule has 158 valence electrons. The molecule has 0 radical (unpaired) electrons. The van der Waals surface area contributed by atoms with Crippen LogP contribution in [0.25, 0.3) is 0 Å². The molecule has 2 heterocycles. The minimum Gasteiger partial charge on any atom is -0.495 e. The Morgan fingerprint density at radius 1 is 1.41 bits per heavy atom. The van der Waals surface area contributed by atoms with Gasteiger partial charge in [0.05, 0.1) is 25.5 Å². The summed E-state index contributed by atoms with van der Waals surface area (Å²) >= 11 is 6.18. The number of rotatable bonds is 5. The third kappa shape index (κ3) is 5.35. The molecule has 2 aromatic rings. The van der Waals surface area contributed by atoms with Crippen LogP contribution in [0.15, 0.2) is 33.8 Å². The van der Waals surface area contributed by atoms with Gasteiger partial charge >= 0.3 is 0 Å². The van der Waals surface area contributed by atoms with Crippen LogP contribution < -0.4 is 20.3 Å². The van der Waals surface area contributed by atoms with Crippen LogP contribution in [-0.2, 0) is 12.0 Å². The van der Waals surface area contributed by atoms with Gasteiger partial charge in [-0.15, -0.1) is 0 Å². The summed E-state index contributed by atoms with van der Waals surface area (Å²) in [4.78, 5) is 11.0. The third-order valence-corrected chi connectivity index (χ3v) is 5.17. The SMILES string of the molecule is CN=C(NCc1ncc(C(C)(C)C)o1)NC1CCN(c2cc(Cl)ccc2OC)C1. The second-order valence-electron chi connectivity index (χ2n) is 8.19. The lowest BCUT2D eigenvalue weighted by Gasteiger charge is -2.22. The first-order valence-electron chi connectivity index (χ1n) is 9.81. The molecule has 0 amide bonds. The van der Waals surface area contributed by atoms with Crippen molar-refractivity contribution < 1.29 is 9.15 Å². The monoisotopic (exact) mass is 419 g/mol. The largest absolute Gasteiger partial charge is 0.495 e. The molecule has 0 aliphatic carbocycles. The maximum Gasteiger partial charge on any atom is 0.213 e. The molecule has 1 unspecified atom stereocenters. The highest BCUT2D eigenvalue weighted by Gasteiger charge is 2.26. The van der Waals surface area contributed by atoms with Crippen molar-refractivity contribution in [3.05, 3.63) is 41.1 Å². The summed E-state index contributed by atoms with van der Waals surface area (Å²) < 4.78 is 11.3. The van der Waals surface area contributed by atoms with Crippen molar-refractivity contribution in [1.82, 2.24) is 15.6 Å². The van der Waals surface area contributed by atoms with Crippen molar-refractivity contribution in [3.8, 4) is 5.75 Å². The van der Waals surface area contributed by atoms with Gasteiger partial charge in [0.2, 0.25) is 5.89 Å². The molecule has 1 saturated heterocycles. The van der Waals surface area contributed by atoms with Gasteiger partial charge in [0.15, 0.2) is 5.96 Å². The Hall–Kier alpha value is -2.41. The zero-order valence-electron chi connectivity index (χ0n) is 17.8. The quantitative estimate of drug-likeness (QED) is 0.570. The van der Waals surface area contributed by atoms with E-state index in [2.05, 4.69) is 46.3 Å². The number of nitrogens with one attached hydrogen (secondary N) is 2. The summed E-state index contributed by atoms with van der Waals surface area (Å²) in [5, 5.41) is 7.46. The number of aromatic nitrogens is 1. The molecule has 0 saturated carbocycles. The first-order valence-corrected chi connectivity index (χ1v) is 10.2. The first-order chi connectivity index (χ1) is 13.8. The number of guanidine groups is 1. The van der Waals surface area contributed by atoms with Crippen molar-refractivity contribution in [3.63, 3.8) is 0 Å². The van der Waals surface area contributed by atoms with Crippen molar-refractivity contribution in [1.29, 1.82) is 0 Å². The molecule has 1 aliphatic rings.